The number of nitrogens with zero attached hydrogens (tertiary/aromatic N) is 3. The van der Waals surface area contributed by atoms with Crippen LogP contribution in [0.15, 0.2) is 24.3 Å². The fourth-order valence-corrected chi connectivity index (χ4v) is 6.08. The van der Waals surface area contributed by atoms with Crippen molar-refractivity contribution in [1.82, 2.24) is 9.80 Å². The molecular weight excluding hydrogens is 391 g/mol. The maximum Gasteiger partial charge on any atom is 0.416 e. The topological polar surface area (TPSA) is 26.8 Å². The molecule has 2 atom stereocenters. The van der Waals surface area contributed by atoms with Crippen molar-refractivity contribution in [3.8, 4) is 0 Å². The van der Waals surface area contributed by atoms with Crippen LogP contribution in [-0.2, 0) is 11.0 Å². The largest absolute Gasteiger partial charge is 0.416 e. The van der Waals surface area contributed by atoms with Gasteiger partial charge >= 0.3 is 6.18 Å². The number of amides is 1. The smallest absolute Gasteiger partial charge is 0.369 e. The predicted molar refractivity (Wildman–Crippen MR) is 111 cm³/mol. The van der Waals surface area contributed by atoms with Crippen LogP contribution >= 0.6 is 0 Å². The van der Waals surface area contributed by atoms with Crippen LogP contribution in [0.25, 0.3) is 0 Å². The van der Waals surface area contributed by atoms with Crippen LogP contribution in [0.3, 0.4) is 0 Å². The quantitative estimate of drug-likeness (QED) is 0.727. The molecule has 1 aliphatic carbocycles. The number of alkyl halides is 3. The van der Waals surface area contributed by atoms with Crippen LogP contribution in [0.5, 0.6) is 0 Å². The lowest BCUT2D eigenvalue weighted by molar-refractivity contribution is -0.137. The molecule has 0 N–H and O–H groups in total. The number of benzene rings is 1. The fourth-order valence-electron chi connectivity index (χ4n) is 6.08. The van der Waals surface area contributed by atoms with Crippen LogP contribution in [0.1, 0.15) is 45.6 Å². The molecule has 4 nitrogen and oxygen atoms in total. The number of carbonyl (C=O) groups is 1. The van der Waals surface area contributed by atoms with Crippen molar-refractivity contribution in [3.05, 3.63) is 29.8 Å². The number of rotatable bonds is 3. The summed E-state index contributed by atoms with van der Waals surface area (Å²) in [4.78, 5) is 19.3. The number of anilines is 1. The SMILES string of the molecule is CC1(C)C[C@H]2C[C@@](C)(CN2C(=O)CN2CCN(c3cccc(C(F)(F)F)c3)CC2)C1. The van der Waals surface area contributed by atoms with Gasteiger partial charge in [-0.3, -0.25) is 9.69 Å². The number of hydrogen-bond donors (Lipinski definition) is 0. The Kier molecular flexibility index (Phi) is 5.32. The number of carbonyl (C=O) groups excluding carboxylic acids is 1. The molecule has 0 radical (unpaired) electrons. The Morgan fingerprint density at radius 3 is 2.47 bits per heavy atom. The van der Waals surface area contributed by atoms with Crippen molar-refractivity contribution in [2.24, 2.45) is 10.8 Å². The molecule has 1 amide bonds. The van der Waals surface area contributed by atoms with E-state index >= 15 is 0 Å². The highest BCUT2D eigenvalue weighted by Gasteiger charge is 2.50. The molecule has 0 aromatic heterocycles. The van der Waals surface area contributed by atoms with Crippen LogP contribution in [-0.4, -0.2) is 61.0 Å². The molecule has 0 unspecified atom stereocenters. The molecule has 7 heteroatoms. The van der Waals surface area contributed by atoms with E-state index in [-0.39, 0.29) is 16.7 Å². The van der Waals surface area contributed by atoms with Crippen LogP contribution in [0.2, 0.25) is 0 Å². The lowest BCUT2D eigenvalue weighted by atomic mass is 9.65. The van der Waals surface area contributed by atoms with E-state index in [1.807, 2.05) is 4.90 Å². The second-order valence-electron chi connectivity index (χ2n) is 10.5. The van der Waals surface area contributed by atoms with E-state index in [9.17, 15) is 18.0 Å². The van der Waals surface area contributed by atoms with Crippen molar-refractivity contribution >= 4 is 11.6 Å². The monoisotopic (exact) mass is 423 g/mol. The van der Waals surface area contributed by atoms with Gasteiger partial charge in [-0.25, -0.2) is 0 Å². The summed E-state index contributed by atoms with van der Waals surface area (Å²) in [5.74, 6) is 0.203. The number of halogens is 3. The van der Waals surface area contributed by atoms with Crippen molar-refractivity contribution < 1.29 is 18.0 Å². The van der Waals surface area contributed by atoms with Crippen LogP contribution in [0, 0.1) is 10.8 Å². The Bertz CT molecular complexity index is 801. The Labute approximate surface area is 177 Å². The van der Waals surface area contributed by atoms with E-state index in [0.29, 0.717) is 44.5 Å². The van der Waals surface area contributed by atoms with E-state index in [1.165, 1.54) is 12.1 Å². The van der Waals surface area contributed by atoms with Gasteiger partial charge in [0.25, 0.3) is 0 Å². The third kappa shape index (κ3) is 4.46. The Morgan fingerprint density at radius 2 is 1.80 bits per heavy atom. The molecule has 1 saturated carbocycles. The summed E-state index contributed by atoms with van der Waals surface area (Å²) >= 11 is 0. The summed E-state index contributed by atoms with van der Waals surface area (Å²) in [5.41, 5.74) is 0.488. The van der Waals surface area contributed by atoms with Crippen molar-refractivity contribution in [2.75, 3.05) is 44.2 Å². The first-order valence-electron chi connectivity index (χ1n) is 10.9. The van der Waals surface area contributed by atoms with Crippen molar-refractivity contribution in [3.63, 3.8) is 0 Å². The molecule has 1 aromatic rings. The van der Waals surface area contributed by atoms with Gasteiger partial charge in [0.05, 0.1) is 12.1 Å². The minimum atomic E-state index is -4.33. The Balaban J connectivity index is 1.33. The molecule has 30 heavy (non-hydrogen) atoms. The summed E-state index contributed by atoms with van der Waals surface area (Å²) in [6.45, 7) is 10.8. The number of hydrogen-bond acceptors (Lipinski definition) is 3. The van der Waals surface area contributed by atoms with Crippen molar-refractivity contribution in [1.29, 1.82) is 0 Å². The third-order valence-corrected chi connectivity index (χ3v) is 7.00. The van der Waals surface area contributed by atoms with Crippen molar-refractivity contribution in [2.45, 2.75) is 52.3 Å². The highest BCUT2D eigenvalue weighted by atomic mass is 19.4. The normalized spacial score (nSPS) is 29.3. The summed E-state index contributed by atoms with van der Waals surface area (Å²) < 4.78 is 39.0. The first kappa shape index (κ1) is 21.5. The lowest BCUT2D eigenvalue weighted by Gasteiger charge is -2.39. The predicted octanol–water partition coefficient (Wildman–Crippen LogP) is 4.25. The Morgan fingerprint density at radius 1 is 1.10 bits per heavy atom. The highest BCUT2D eigenvalue weighted by molar-refractivity contribution is 5.79. The average Bonchev–Trinajstić information content (AvgIpc) is 2.90. The zero-order valence-electron chi connectivity index (χ0n) is 18.1. The molecule has 4 rings (SSSR count). The molecule has 2 saturated heterocycles. The number of piperazine rings is 1. The lowest BCUT2D eigenvalue weighted by Crippen LogP contribution is -2.51. The number of fused-ring (bicyclic) bond motifs is 2. The van der Waals surface area contributed by atoms with E-state index < -0.39 is 11.7 Å². The zero-order valence-corrected chi connectivity index (χ0v) is 18.1. The van der Waals surface area contributed by atoms with Gasteiger partial charge in [-0.15, -0.1) is 0 Å². The molecule has 166 valence electrons. The van der Waals surface area contributed by atoms with Gasteiger partial charge in [0, 0.05) is 44.5 Å². The van der Waals surface area contributed by atoms with Gasteiger partial charge < -0.3 is 9.80 Å². The first-order valence-corrected chi connectivity index (χ1v) is 10.9. The first-order chi connectivity index (χ1) is 13.9. The number of likely N-dealkylation sites (tertiary alicyclic amines) is 1. The molecule has 3 fully saturated rings. The van der Waals surface area contributed by atoms with E-state index in [2.05, 4.69) is 30.6 Å². The third-order valence-electron chi connectivity index (χ3n) is 7.00. The summed E-state index contributed by atoms with van der Waals surface area (Å²) in [5, 5.41) is 0. The molecular formula is C23H32F3N3O. The van der Waals surface area contributed by atoms with Gasteiger partial charge in [-0.1, -0.05) is 26.8 Å². The maximum atomic E-state index is 13.1. The molecule has 2 aliphatic heterocycles. The Hall–Kier alpha value is -1.76. The van der Waals surface area contributed by atoms with E-state index in [0.717, 1.165) is 31.9 Å². The standard InChI is InChI=1S/C23H32F3N3O/c1-21(2)12-19-13-22(3,15-21)16-29(19)20(30)14-27-7-9-28(10-8-27)18-6-4-5-17(11-18)23(24,25)26/h4-6,11,19H,7-10,12-16H2,1-3H3/t19-,22+/m0/s1. The molecule has 0 spiro atoms. The van der Waals surface area contributed by atoms with Crippen LogP contribution < -0.4 is 4.90 Å². The minimum absolute atomic E-state index is 0.203. The van der Waals surface area contributed by atoms with Gasteiger partial charge in [-0.2, -0.15) is 13.2 Å². The average molecular weight is 424 g/mol. The molecule has 2 heterocycles. The second kappa shape index (κ2) is 7.43. The molecule has 1 aromatic carbocycles. The second-order valence-corrected chi connectivity index (χ2v) is 10.5. The van der Waals surface area contributed by atoms with E-state index in [1.54, 1.807) is 6.07 Å². The van der Waals surface area contributed by atoms with Gasteiger partial charge in [-0.05, 0) is 48.3 Å². The summed E-state index contributed by atoms with van der Waals surface area (Å²) in [6, 6.07) is 5.85. The highest BCUT2D eigenvalue weighted by Crippen LogP contribution is 2.52. The van der Waals surface area contributed by atoms with Gasteiger partial charge in [0.15, 0.2) is 0 Å². The summed E-state index contributed by atoms with van der Waals surface area (Å²) in [6.07, 6.45) is -0.998. The van der Waals surface area contributed by atoms with E-state index in [4.69, 9.17) is 0 Å². The van der Waals surface area contributed by atoms with Crippen LogP contribution in [0.4, 0.5) is 18.9 Å². The van der Waals surface area contributed by atoms with Gasteiger partial charge in [0.1, 0.15) is 0 Å². The molecule has 3 aliphatic rings. The maximum absolute atomic E-state index is 13.1. The fraction of sp³-hybridized carbons (Fsp3) is 0.696. The minimum Gasteiger partial charge on any atom is -0.369 e. The van der Waals surface area contributed by atoms with Gasteiger partial charge in [0.2, 0.25) is 5.91 Å². The summed E-state index contributed by atoms with van der Waals surface area (Å²) in [7, 11) is 0. The zero-order chi connectivity index (χ0) is 21.7. The molecule has 2 bridgehead atoms.